The Kier molecular flexibility index (Phi) is 5.34. The van der Waals surface area contributed by atoms with E-state index in [2.05, 4.69) is 0 Å². The Bertz CT molecular complexity index is 477. The first-order valence-electron chi connectivity index (χ1n) is 5.92. The molecule has 0 saturated carbocycles. The van der Waals surface area contributed by atoms with Crippen molar-refractivity contribution in [2.45, 2.75) is 19.4 Å². The minimum atomic E-state index is -0.500. The lowest BCUT2D eigenvalue weighted by Gasteiger charge is -2.20. The van der Waals surface area contributed by atoms with E-state index in [0.29, 0.717) is 29.4 Å². The van der Waals surface area contributed by atoms with E-state index < -0.39 is 5.91 Å². The standard InChI is InChI=1S/C12H17N3O2S.ClH/c1-7-2-8(4-13)5-15(7)12(17)10-3-9(6-18-10)11(14)16;/h3,6-8H,2,4-5,13H2,1H3,(H2,14,16);1H. The Hall–Kier alpha value is -1.11. The molecule has 4 N–H and O–H groups in total. The van der Waals surface area contributed by atoms with Gasteiger partial charge in [0, 0.05) is 18.0 Å². The van der Waals surface area contributed by atoms with Gasteiger partial charge in [0.2, 0.25) is 5.91 Å². The minimum Gasteiger partial charge on any atom is -0.366 e. The summed E-state index contributed by atoms with van der Waals surface area (Å²) in [6.45, 7) is 3.32. The maximum Gasteiger partial charge on any atom is 0.264 e. The molecule has 1 aromatic heterocycles. The van der Waals surface area contributed by atoms with Crippen LogP contribution >= 0.6 is 23.7 Å². The second kappa shape index (κ2) is 6.36. The van der Waals surface area contributed by atoms with Gasteiger partial charge in [0.1, 0.15) is 0 Å². The third-order valence-corrected chi connectivity index (χ3v) is 4.27. The molecule has 0 aliphatic carbocycles. The number of amides is 2. The number of hydrogen-bond acceptors (Lipinski definition) is 4. The zero-order valence-corrected chi connectivity index (χ0v) is 12.3. The van der Waals surface area contributed by atoms with Crippen molar-refractivity contribution in [3.63, 3.8) is 0 Å². The second-order valence-electron chi connectivity index (χ2n) is 4.71. The highest BCUT2D eigenvalue weighted by atomic mass is 35.5. The van der Waals surface area contributed by atoms with Gasteiger partial charge >= 0.3 is 0 Å². The molecule has 1 saturated heterocycles. The molecule has 0 spiro atoms. The first-order chi connectivity index (χ1) is 8.52. The largest absolute Gasteiger partial charge is 0.366 e. The number of nitrogens with two attached hydrogens (primary N) is 2. The van der Waals surface area contributed by atoms with Gasteiger partial charge in [0.05, 0.1) is 10.4 Å². The number of primary amides is 1. The maximum atomic E-state index is 12.3. The Balaban J connectivity index is 0.00000180. The number of likely N-dealkylation sites (tertiary alicyclic amines) is 1. The Labute approximate surface area is 122 Å². The van der Waals surface area contributed by atoms with Gasteiger partial charge in [-0.15, -0.1) is 23.7 Å². The van der Waals surface area contributed by atoms with Gasteiger partial charge < -0.3 is 16.4 Å². The van der Waals surface area contributed by atoms with Crippen molar-refractivity contribution < 1.29 is 9.59 Å². The molecule has 0 bridgehead atoms. The van der Waals surface area contributed by atoms with Crippen molar-refractivity contribution in [2.75, 3.05) is 13.1 Å². The van der Waals surface area contributed by atoms with Gasteiger partial charge in [-0.3, -0.25) is 9.59 Å². The monoisotopic (exact) mass is 303 g/mol. The second-order valence-corrected chi connectivity index (χ2v) is 5.62. The molecule has 1 aliphatic rings. The predicted molar refractivity (Wildman–Crippen MR) is 77.7 cm³/mol. The molecular formula is C12H18ClN3O2S. The molecule has 5 nitrogen and oxygen atoms in total. The van der Waals surface area contributed by atoms with Crippen LogP contribution in [0.4, 0.5) is 0 Å². The van der Waals surface area contributed by atoms with Crippen LogP contribution in [-0.2, 0) is 0 Å². The molecule has 2 atom stereocenters. The number of nitrogens with zero attached hydrogens (tertiary/aromatic N) is 1. The van der Waals surface area contributed by atoms with E-state index in [1.54, 1.807) is 11.4 Å². The summed E-state index contributed by atoms with van der Waals surface area (Å²) in [5, 5.41) is 1.62. The third kappa shape index (κ3) is 3.26. The van der Waals surface area contributed by atoms with E-state index in [4.69, 9.17) is 11.5 Å². The highest BCUT2D eigenvalue weighted by Gasteiger charge is 2.32. The molecule has 2 rings (SSSR count). The Morgan fingerprint density at radius 3 is 2.68 bits per heavy atom. The van der Waals surface area contributed by atoms with Crippen molar-refractivity contribution in [1.82, 2.24) is 4.90 Å². The van der Waals surface area contributed by atoms with Crippen LogP contribution in [0.5, 0.6) is 0 Å². The van der Waals surface area contributed by atoms with E-state index in [0.717, 1.165) is 6.42 Å². The molecule has 0 aromatic carbocycles. The summed E-state index contributed by atoms with van der Waals surface area (Å²) < 4.78 is 0. The molecule has 106 valence electrons. The van der Waals surface area contributed by atoms with E-state index in [1.165, 1.54) is 11.3 Å². The summed E-state index contributed by atoms with van der Waals surface area (Å²) in [7, 11) is 0. The Morgan fingerprint density at radius 1 is 1.53 bits per heavy atom. The Morgan fingerprint density at radius 2 is 2.21 bits per heavy atom. The molecule has 1 aromatic rings. The fourth-order valence-corrected chi connectivity index (χ4v) is 3.17. The van der Waals surface area contributed by atoms with Crippen molar-refractivity contribution in [2.24, 2.45) is 17.4 Å². The van der Waals surface area contributed by atoms with Crippen molar-refractivity contribution in [1.29, 1.82) is 0 Å². The van der Waals surface area contributed by atoms with Crippen LogP contribution in [0.1, 0.15) is 33.4 Å². The number of halogens is 1. The molecule has 7 heteroatoms. The molecule has 0 radical (unpaired) electrons. The lowest BCUT2D eigenvalue weighted by Crippen LogP contribution is -2.34. The number of hydrogen-bond donors (Lipinski definition) is 2. The number of carbonyl (C=O) groups excluding carboxylic acids is 2. The van der Waals surface area contributed by atoms with Crippen molar-refractivity contribution in [3.8, 4) is 0 Å². The molecule has 2 amide bonds. The van der Waals surface area contributed by atoms with E-state index in [1.807, 2.05) is 11.8 Å². The van der Waals surface area contributed by atoms with Gasteiger partial charge in [-0.25, -0.2) is 0 Å². The highest BCUT2D eigenvalue weighted by molar-refractivity contribution is 7.12. The third-order valence-electron chi connectivity index (χ3n) is 3.35. The molecule has 1 fully saturated rings. The summed E-state index contributed by atoms with van der Waals surface area (Å²) in [5.74, 6) is -0.157. The average Bonchev–Trinajstić information content (AvgIpc) is 2.94. The highest BCUT2D eigenvalue weighted by Crippen LogP contribution is 2.26. The first-order valence-corrected chi connectivity index (χ1v) is 6.80. The van der Waals surface area contributed by atoms with Crippen molar-refractivity contribution in [3.05, 3.63) is 21.9 Å². The fraction of sp³-hybridized carbons (Fsp3) is 0.500. The van der Waals surface area contributed by atoms with Crippen LogP contribution in [0.15, 0.2) is 11.4 Å². The molecular weight excluding hydrogens is 286 g/mol. The quantitative estimate of drug-likeness (QED) is 0.875. The lowest BCUT2D eigenvalue weighted by atomic mass is 10.1. The number of thiophene rings is 1. The van der Waals surface area contributed by atoms with E-state index in [-0.39, 0.29) is 24.4 Å². The SMILES string of the molecule is CC1CC(CN)CN1C(=O)c1cc(C(N)=O)cs1.Cl. The molecule has 2 unspecified atom stereocenters. The normalized spacial score (nSPS) is 22.1. The smallest absolute Gasteiger partial charge is 0.264 e. The average molecular weight is 304 g/mol. The maximum absolute atomic E-state index is 12.3. The zero-order chi connectivity index (χ0) is 13.3. The molecule has 1 aliphatic heterocycles. The van der Waals surface area contributed by atoms with Gasteiger partial charge in [-0.2, -0.15) is 0 Å². The lowest BCUT2D eigenvalue weighted by molar-refractivity contribution is 0.0748. The van der Waals surface area contributed by atoms with Gasteiger partial charge in [-0.05, 0) is 31.9 Å². The van der Waals surface area contributed by atoms with Crippen LogP contribution in [0.3, 0.4) is 0 Å². The van der Waals surface area contributed by atoms with Gasteiger partial charge in [0.25, 0.3) is 5.91 Å². The summed E-state index contributed by atoms with van der Waals surface area (Å²) in [6.07, 6.45) is 0.941. The predicted octanol–water partition coefficient (Wildman–Crippen LogP) is 1.08. The van der Waals surface area contributed by atoms with Gasteiger partial charge in [0.15, 0.2) is 0 Å². The zero-order valence-electron chi connectivity index (χ0n) is 10.7. The van der Waals surface area contributed by atoms with E-state index in [9.17, 15) is 9.59 Å². The van der Waals surface area contributed by atoms with Crippen LogP contribution < -0.4 is 11.5 Å². The molecule has 19 heavy (non-hydrogen) atoms. The van der Waals surface area contributed by atoms with Crippen LogP contribution in [0.2, 0.25) is 0 Å². The van der Waals surface area contributed by atoms with Crippen LogP contribution in [0, 0.1) is 5.92 Å². The minimum absolute atomic E-state index is 0. The van der Waals surface area contributed by atoms with Crippen LogP contribution in [-0.4, -0.2) is 35.8 Å². The first kappa shape index (κ1) is 15.9. The van der Waals surface area contributed by atoms with E-state index >= 15 is 0 Å². The molecule has 2 heterocycles. The fourth-order valence-electron chi connectivity index (χ4n) is 2.32. The van der Waals surface area contributed by atoms with Gasteiger partial charge in [-0.1, -0.05) is 0 Å². The number of carbonyl (C=O) groups is 2. The summed E-state index contributed by atoms with van der Waals surface area (Å²) in [5.41, 5.74) is 11.2. The van der Waals surface area contributed by atoms with Crippen LogP contribution in [0.25, 0.3) is 0 Å². The number of rotatable bonds is 3. The topological polar surface area (TPSA) is 89.4 Å². The van der Waals surface area contributed by atoms with Crippen molar-refractivity contribution >= 4 is 35.6 Å². The summed E-state index contributed by atoms with van der Waals surface area (Å²) in [4.78, 5) is 25.7. The summed E-state index contributed by atoms with van der Waals surface area (Å²) in [6, 6.07) is 1.77. The summed E-state index contributed by atoms with van der Waals surface area (Å²) >= 11 is 1.26.